The molecule has 0 aromatic heterocycles. The first-order valence-electron chi connectivity index (χ1n) is 9.28. The Bertz CT molecular complexity index is 1130. The van der Waals surface area contributed by atoms with E-state index in [1.807, 2.05) is 6.07 Å². The lowest BCUT2D eigenvalue weighted by Gasteiger charge is -2.16. The molecular formula is C23H19F2N3O3. The molecule has 0 aliphatic rings. The summed E-state index contributed by atoms with van der Waals surface area (Å²) < 4.78 is 37.3. The number of hydrogen-bond acceptors (Lipinski definition) is 5. The van der Waals surface area contributed by atoms with Crippen LogP contribution in [0.3, 0.4) is 0 Å². The second-order valence-corrected chi connectivity index (χ2v) is 6.59. The fourth-order valence-corrected chi connectivity index (χ4v) is 2.71. The molecule has 158 valence electrons. The summed E-state index contributed by atoms with van der Waals surface area (Å²) in [5, 5.41) is 14.5. The molecule has 31 heavy (non-hydrogen) atoms. The summed E-state index contributed by atoms with van der Waals surface area (Å²) in [6.07, 6.45) is 0. The Morgan fingerprint density at radius 2 is 1.68 bits per heavy atom. The van der Waals surface area contributed by atoms with Crippen LogP contribution in [0.1, 0.15) is 12.5 Å². The second kappa shape index (κ2) is 9.59. The molecule has 0 aliphatic carbocycles. The lowest BCUT2D eigenvalue weighted by molar-refractivity contribution is -0.116. The van der Waals surface area contributed by atoms with Crippen molar-refractivity contribution in [2.24, 2.45) is 0 Å². The minimum atomic E-state index is -1.03. The van der Waals surface area contributed by atoms with E-state index in [-0.39, 0.29) is 5.69 Å². The molecule has 0 bridgehead atoms. The van der Waals surface area contributed by atoms with Crippen molar-refractivity contribution in [3.05, 3.63) is 77.9 Å². The number of nitrogens with zero attached hydrogens (tertiary/aromatic N) is 1. The van der Waals surface area contributed by atoms with E-state index >= 15 is 0 Å². The third kappa shape index (κ3) is 5.48. The molecule has 2 N–H and O–H groups in total. The zero-order chi connectivity index (χ0) is 22.4. The standard InChI is InChI=1S/C23H19F2N3O3/c1-14(23(29)28-17-6-9-19(24)20(25)12-17)27-16-4-7-18(8-5-16)31-21-10-3-15(13-26)11-22(21)30-2/h3-12,14,27H,1-2H3,(H,28,29). The molecule has 1 amide bonds. The highest BCUT2D eigenvalue weighted by molar-refractivity contribution is 5.96. The summed E-state index contributed by atoms with van der Waals surface area (Å²) in [6, 6.07) is 16.3. The molecule has 3 rings (SSSR count). The van der Waals surface area contributed by atoms with E-state index in [1.54, 1.807) is 49.4 Å². The van der Waals surface area contributed by atoms with Gasteiger partial charge in [0.25, 0.3) is 0 Å². The molecule has 0 saturated carbocycles. The van der Waals surface area contributed by atoms with E-state index in [1.165, 1.54) is 13.2 Å². The van der Waals surface area contributed by atoms with Gasteiger partial charge in [-0.2, -0.15) is 5.26 Å². The molecule has 0 spiro atoms. The predicted molar refractivity (Wildman–Crippen MR) is 112 cm³/mol. The van der Waals surface area contributed by atoms with Gasteiger partial charge in [0.2, 0.25) is 5.91 Å². The second-order valence-electron chi connectivity index (χ2n) is 6.59. The van der Waals surface area contributed by atoms with Crippen LogP contribution in [0.2, 0.25) is 0 Å². The van der Waals surface area contributed by atoms with E-state index in [9.17, 15) is 13.6 Å². The van der Waals surface area contributed by atoms with Crippen molar-refractivity contribution in [1.82, 2.24) is 0 Å². The number of carbonyl (C=O) groups excluding carboxylic acids is 1. The molecule has 0 heterocycles. The Morgan fingerprint density at radius 1 is 0.968 bits per heavy atom. The minimum Gasteiger partial charge on any atom is -0.493 e. The number of benzene rings is 3. The monoisotopic (exact) mass is 423 g/mol. The van der Waals surface area contributed by atoms with Crippen LogP contribution >= 0.6 is 0 Å². The average Bonchev–Trinajstić information content (AvgIpc) is 2.77. The van der Waals surface area contributed by atoms with Gasteiger partial charge in [-0.25, -0.2) is 8.78 Å². The Labute approximate surface area is 178 Å². The number of carbonyl (C=O) groups is 1. The largest absolute Gasteiger partial charge is 0.493 e. The number of hydrogen-bond donors (Lipinski definition) is 2. The van der Waals surface area contributed by atoms with Crippen molar-refractivity contribution >= 4 is 17.3 Å². The number of rotatable bonds is 7. The number of anilines is 2. The molecule has 0 fully saturated rings. The highest BCUT2D eigenvalue weighted by atomic mass is 19.2. The summed E-state index contributed by atoms with van der Waals surface area (Å²) in [4.78, 5) is 12.3. The molecule has 0 saturated heterocycles. The lowest BCUT2D eigenvalue weighted by Crippen LogP contribution is -2.31. The highest BCUT2D eigenvalue weighted by Crippen LogP contribution is 2.32. The van der Waals surface area contributed by atoms with Crippen LogP contribution in [0.5, 0.6) is 17.2 Å². The maximum absolute atomic E-state index is 13.3. The van der Waals surface area contributed by atoms with Crippen molar-refractivity contribution in [2.45, 2.75) is 13.0 Å². The van der Waals surface area contributed by atoms with Gasteiger partial charge in [-0.1, -0.05) is 0 Å². The Balaban J connectivity index is 1.61. The summed E-state index contributed by atoms with van der Waals surface area (Å²) in [6.45, 7) is 1.64. The number of methoxy groups -OCH3 is 1. The number of nitrogens with one attached hydrogen (secondary N) is 2. The Kier molecular flexibility index (Phi) is 6.67. The van der Waals surface area contributed by atoms with Crippen LogP contribution < -0.4 is 20.1 Å². The fourth-order valence-electron chi connectivity index (χ4n) is 2.71. The smallest absolute Gasteiger partial charge is 0.246 e. The van der Waals surface area contributed by atoms with Gasteiger partial charge in [0.05, 0.1) is 18.7 Å². The maximum atomic E-state index is 13.3. The van der Waals surface area contributed by atoms with Gasteiger partial charge in [0.15, 0.2) is 23.1 Å². The van der Waals surface area contributed by atoms with Gasteiger partial charge in [-0.3, -0.25) is 4.79 Å². The van der Waals surface area contributed by atoms with Crippen molar-refractivity contribution < 1.29 is 23.0 Å². The van der Waals surface area contributed by atoms with Gasteiger partial charge in [-0.15, -0.1) is 0 Å². The molecule has 6 nitrogen and oxygen atoms in total. The first-order chi connectivity index (χ1) is 14.9. The Hall–Kier alpha value is -4.12. The molecule has 1 atom stereocenters. The SMILES string of the molecule is COc1cc(C#N)ccc1Oc1ccc(NC(C)C(=O)Nc2ccc(F)c(F)c2)cc1. The molecular weight excluding hydrogens is 404 g/mol. The van der Waals surface area contributed by atoms with E-state index in [0.29, 0.717) is 28.5 Å². The number of nitriles is 1. The van der Waals surface area contributed by atoms with Gasteiger partial charge in [0.1, 0.15) is 11.8 Å². The molecule has 0 aliphatic heterocycles. The third-order valence-corrected chi connectivity index (χ3v) is 4.34. The lowest BCUT2D eigenvalue weighted by atomic mass is 10.2. The Morgan fingerprint density at radius 3 is 2.32 bits per heavy atom. The zero-order valence-electron chi connectivity index (χ0n) is 16.8. The normalized spacial score (nSPS) is 11.2. The first kappa shape index (κ1) is 21.6. The average molecular weight is 423 g/mol. The van der Waals surface area contributed by atoms with Crippen LogP contribution in [0.4, 0.5) is 20.2 Å². The van der Waals surface area contributed by atoms with Crippen LogP contribution in [-0.2, 0) is 4.79 Å². The van der Waals surface area contributed by atoms with Crippen LogP contribution in [0, 0.1) is 23.0 Å². The topological polar surface area (TPSA) is 83.4 Å². The fraction of sp³-hybridized carbons (Fsp3) is 0.130. The summed E-state index contributed by atoms with van der Waals surface area (Å²) in [5.41, 5.74) is 1.28. The van der Waals surface area contributed by atoms with E-state index in [0.717, 1.165) is 12.1 Å². The molecule has 1 unspecified atom stereocenters. The van der Waals surface area contributed by atoms with Crippen molar-refractivity contribution in [2.75, 3.05) is 17.7 Å². The molecule has 0 radical (unpaired) electrons. The number of halogens is 2. The van der Waals surface area contributed by atoms with Crippen molar-refractivity contribution in [1.29, 1.82) is 5.26 Å². The number of amides is 1. The first-order valence-corrected chi connectivity index (χ1v) is 9.28. The van der Waals surface area contributed by atoms with E-state index in [4.69, 9.17) is 14.7 Å². The minimum absolute atomic E-state index is 0.165. The summed E-state index contributed by atoms with van der Waals surface area (Å²) in [5.74, 6) is -0.996. The van der Waals surface area contributed by atoms with Gasteiger partial charge in [-0.05, 0) is 55.5 Å². The predicted octanol–water partition coefficient (Wildman–Crippen LogP) is 5.08. The summed E-state index contributed by atoms with van der Waals surface area (Å²) >= 11 is 0. The molecule has 3 aromatic rings. The van der Waals surface area contributed by atoms with E-state index in [2.05, 4.69) is 10.6 Å². The molecule has 3 aromatic carbocycles. The van der Waals surface area contributed by atoms with E-state index < -0.39 is 23.6 Å². The zero-order valence-corrected chi connectivity index (χ0v) is 16.8. The number of ether oxygens (including phenoxy) is 2. The third-order valence-electron chi connectivity index (χ3n) is 4.34. The van der Waals surface area contributed by atoms with Crippen LogP contribution in [-0.4, -0.2) is 19.1 Å². The van der Waals surface area contributed by atoms with Crippen molar-refractivity contribution in [3.63, 3.8) is 0 Å². The van der Waals surface area contributed by atoms with Gasteiger partial charge in [0, 0.05) is 23.5 Å². The van der Waals surface area contributed by atoms with Crippen LogP contribution in [0.25, 0.3) is 0 Å². The summed E-state index contributed by atoms with van der Waals surface area (Å²) in [7, 11) is 1.49. The maximum Gasteiger partial charge on any atom is 0.246 e. The quantitative estimate of drug-likeness (QED) is 0.554. The van der Waals surface area contributed by atoms with Crippen LogP contribution in [0.15, 0.2) is 60.7 Å². The molecule has 8 heteroatoms. The van der Waals surface area contributed by atoms with Gasteiger partial charge >= 0.3 is 0 Å². The van der Waals surface area contributed by atoms with Crippen molar-refractivity contribution in [3.8, 4) is 23.3 Å². The highest BCUT2D eigenvalue weighted by Gasteiger charge is 2.14. The van der Waals surface area contributed by atoms with Gasteiger partial charge < -0.3 is 20.1 Å².